The summed E-state index contributed by atoms with van der Waals surface area (Å²) in [5.41, 5.74) is 6.36. The van der Waals surface area contributed by atoms with E-state index in [1.807, 2.05) is 0 Å². The number of nitrogens with two attached hydrogens (primary N) is 1. The molecule has 1 atom stereocenters. The molecule has 0 spiro atoms. The molecule has 118 valence electrons. The number of hydrogen-bond acceptors (Lipinski definition) is 2. The molecule has 2 aliphatic rings. The van der Waals surface area contributed by atoms with Crippen LogP contribution in [0.1, 0.15) is 64.2 Å². The maximum absolute atomic E-state index is 12.3. The van der Waals surface area contributed by atoms with Crippen molar-refractivity contribution in [2.45, 2.75) is 82.0 Å². The van der Waals surface area contributed by atoms with Gasteiger partial charge in [0, 0.05) is 18.0 Å². The number of likely N-dealkylation sites (tertiary alicyclic amines) is 1. The predicted molar refractivity (Wildman–Crippen MR) is 74.5 cm³/mol. The molecule has 0 aromatic carbocycles. The minimum atomic E-state index is -4.05. The Morgan fingerprint density at radius 2 is 1.60 bits per heavy atom. The third-order valence-corrected chi connectivity index (χ3v) is 5.12. The third kappa shape index (κ3) is 3.88. The van der Waals surface area contributed by atoms with Crippen molar-refractivity contribution in [1.82, 2.24) is 4.90 Å². The van der Waals surface area contributed by atoms with E-state index in [0.29, 0.717) is 6.42 Å². The molecule has 1 aliphatic carbocycles. The quantitative estimate of drug-likeness (QED) is 0.834. The summed E-state index contributed by atoms with van der Waals surface area (Å²) in [6.07, 6.45) is 4.08. The lowest BCUT2D eigenvalue weighted by Gasteiger charge is -2.47. The molecule has 0 aromatic heterocycles. The van der Waals surface area contributed by atoms with Crippen molar-refractivity contribution in [2.24, 2.45) is 5.73 Å². The highest BCUT2D eigenvalue weighted by atomic mass is 19.4. The Morgan fingerprint density at radius 3 is 2.15 bits per heavy atom. The van der Waals surface area contributed by atoms with Gasteiger partial charge in [0.15, 0.2) is 0 Å². The summed E-state index contributed by atoms with van der Waals surface area (Å²) in [6.45, 7) is 2.15. The molecule has 2 N–H and O–H groups in total. The summed E-state index contributed by atoms with van der Waals surface area (Å²) in [5, 5.41) is 0. The van der Waals surface area contributed by atoms with Gasteiger partial charge in [0.05, 0.1) is 0 Å². The Morgan fingerprint density at radius 1 is 1.00 bits per heavy atom. The van der Waals surface area contributed by atoms with Crippen molar-refractivity contribution < 1.29 is 13.2 Å². The van der Waals surface area contributed by atoms with Crippen molar-refractivity contribution in [3.63, 3.8) is 0 Å². The van der Waals surface area contributed by atoms with Crippen molar-refractivity contribution in [3.8, 4) is 0 Å². The molecule has 20 heavy (non-hydrogen) atoms. The topological polar surface area (TPSA) is 29.3 Å². The van der Waals surface area contributed by atoms with Crippen LogP contribution in [-0.2, 0) is 0 Å². The fraction of sp³-hybridized carbons (Fsp3) is 1.00. The second-order valence-electron chi connectivity index (χ2n) is 6.47. The monoisotopic (exact) mass is 292 g/mol. The molecule has 0 aromatic rings. The van der Waals surface area contributed by atoms with E-state index in [0.717, 1.165) is 25.9 Å². The summed E-state index contributed by atoms with van der Waals surface area (Å²) in [4.78, 5) is 2.50. The van der Waals surface area contributed by atoms with Crippen molar-refractivity contribution in [1.29, 1.82) is 0 Å². The van der Waals surface area contributed by atoms with Crippen LogP contribution in [0, 0.1) is 0 Å². The first-order chi connectivity index (χ1) is 9.44. The van der Waals surface area contributed by atoms with Gasteiger partial charge in [0.1, 0.15) is 0 Å². The van der Waals surface area contributed by atoms with Gasteiger partial charge in [0.25, 0.3) is 0 Å². The molecule has 2 rings (SSSR count). The van der Waals surface area contributed by atoms with E-state index in [1.54, 1.807) is 0 Å². The Bertz CT molecular complexity index is 292. The Hall–Kier alpha value is -0.290. The minimum Gasteiger partial charge on any atom is -0.326 e. The molecule has 5 heteroatoms. The van der Waals surface area contributed by atoms with Gasteiger partial charge in [-0.2, -0.15) is 13.2 Å². The number of rotatable bonds is 5. The van der Waals surface area contributed by atoms with Gasteiger partial charge in [0.2, 0.25) is 0 Å². The van der Waals surface area contributed by atoms with Crippen LogP contribution in [0.3, 0.4) is 0 Å². The first-order valence-corrected chi connectivity index (χ1v) is 8.01. The molecule has 0 amide bonds. The van der Waals surface area contributed by atoms with Gasteiger partial charge in [-0.25, -0.2) is 0 Å². The SMILES string of the molecule is NC(CCCC(F)(F)F)C1(N2CCCCC2)CCCC1. The first-order valence-electron chi connectivity index (χ1n) is 8.01. The zero-order valence-corrected chi connectivity index (χ0v) is 12.2. The van der Waals surface area contributed by atoms with Gasteiger partial charge in [-0.3, -0.25) is 4.90 Å². The van der Waals surface area contributed by atoms with Crippen molar-refractivity contribution in [3.05, 3.63) is 0 Å². The number of alkyl halides is 3. The van der Waals surface area contributed by atoms with E-state index in [-0.39, 0.29) is 18.0 Å². The Labute approximate surface area is 119 Å². The summed E-state index contributed by atoms with van der Waals surface area (Å²) >= 11 is 0. The van der Waals surface area contributed by atoms with E-state index in [4.69, 9.17) is 5.73 Å². The molecular formula is C15H27F3N2. The van der Waals surface area contributed by atoms with Crippen LogP contribution < -0.4 is 5.73 Å². The van der Waals surface area contributed by atoms with Gasteiger partial charge >= 0.3 is 6.18 Å². The van der Waals surface area contributed by atoms with Crippen LogP contribution in [0.5, 0.6) is 0 Å². The van der Waals surface area contributed by atoms with Crippen LogP contribution in [0.4, 0.5) is 13.2 Å². The standard InChI is InChI=1S/C15H27F3N2/c16-15(17,18)10-6-7-13(19)14(8-2-3-9-14)20-11-4-1-5-12-20/h13H,1-12,19H2. The third-order valence-electron chi connectivity index (χ3n) is 5.12. The maximum Gasteiger partial charge on any atom is 0.389 e. The number of hydrogen-bond donors (Lipinski definition) is 1. The fourth-order valence-electron chi connectivity index (χ4n) is 4.04. The number of piperidine rings is 1. The van der Waals surface area contributed by atoms with Crippen LogP contribution in [0.15, 0.2) is 0 Å². The molecule has 2 nitrogen and oxygen atoms in total. The normalized spacial score (nSPS) is 25.8. The van der Waals surface area contributed by atoms with Crippen molar-refractivity contribution >= 4 is 0 Å². The van der Waals surface area contributed by atoms with Gasteiger partial charge in [-0.05, 0) is 51.6 Å². The second-order valence-corrected chi connectivity index (χ2v) is 6.47. The lowest BCUT2D eigenvalue weighted by atomic mass is 9.82. The highest BCUT2D eigenvalue weighted by Gasteiger charge is 2.44. The molecule has 1 aliphatic heterocycles. The van der Waals surface area contributed by atoms with E-state index in [1.165, 1.54) is 32.1 Å². The molecule has 1 unspecified atom stereocenters. The van der Waals surface area contributed by atoms with Gasteiger partial charge in [-0.15, -0.1) is 0 Å². The summed E-state index contributed by atoms with van der Waals surface area (Å²) < 4.78 is 36.8. The zero-order chi connectivity index (χ0) is 14.6. The highest BCUT2D eigenvalue weighted by molar-refractivity contribution is 5.02. The Balaban J connectivity index is 1.93. The maximum atomic E-state index is 12.3. The second kappa shape index (κ2) is 6.65. The van der Waals surface area contributed by atoms with Crippen LogP contribution in [-0.4, -0.2) is 35.7 Å². The van der Waals surface area contributed by atoms with Crippen LogP contribution in [0.25, 0.3) is 0 Å². The predicted octanol–water partition coefficient (Wildman–Crippen LogP) is 3.85. The molecular weight excluding hydrogens is 265 g/mol. The van der Waals surface area contributed by atoms with Crippen molar-refractivity contribution in [2.75, 3.05) is 13.1 Å². The number of nitrogens with zero attached hydrogens (tertiary/aromatic N) is 1. The van der Waals surface area contributed by atoms with Crippen LogP contribution >= 0.6 is 0 Å². The first kappa shape index (κ1) is 16.1. The number of halogens is 3. The fourth-order valence-corrected chi connectivity index (χ4v) is 4.04. The smallest absolute Gasteiger partial charge is 0.326 e. The van der Waals surface area contributed by atoms with E-state index in [9.17, 15) is 13.2 Å². The van der Waals surface area contributed by atoms with Crippen LogP contribution in [0.2, 0.25) is 0 Å². The van der Waals surface area contributed by atoms with E-state index < -0.39 is 12.6 Å². The van der Waals surface area contributed by atoms with E-state index >= 15 is 0 Å². The zero-order valence-electron chi connectivity index (χ0n) is 12.2. The summed E-state index contributed by atoms with van der Waals surface area (Å²) in [7, 11) is 0. The molecule has 1 heterocycles. The lowest BCUT2D eigenvalue weighted by molar-refractivity contribution is -0.136. The largest absolute Gasteiger partial charge is 0.389 e. The molecule has 0 radical (unpaired) electrons. The lowest BCUT2D eigenvalue weighted by Crippen LogP contribution is -2.59. The van der Waals surface area contributed by atoms with Gasteiger partial charge in [-0.1, -0.05) is 19.3 Å². The summed E-state index contributed by atoms with van der Waals surface area (Å²) in [5.74, 6) is 0. The Kier molecular flexibility index (Phi) is 5.35. The average molecular weight is 292 g/mol. The average Bonchev–Trinajstić information content (AvgIpc) is 2.89. The molecule has 0 bridgehead atoms. The molecule has 1 saturated heterocycles. The van der Waals surface area contributed by atoms with Gasteiger partial charge < -0.3 is 5.73 Å². The minimum absolute atomic E-state index is 0.00792. The summed E-state index contributed by atoms with van der Waals surface area (Å²) in [6, 6.07) is -0.106. The molecule has 1 saturated carbocycles. The highest BCUT2D eigenvalue weighted by Crippen LogP contribution is 2.40. The molecule has 2 fully saturated rings. The van der Waals surface area contributed by atoms with E-state index in [2.05, 4.69) is 4.90 Å².